The normalized spacial score (nSPS) is 11.1. The van der Waals surface area contributed by atoms with E-state index in [1.165, 1.54) is 24.3 Å². The number of nitriles is 1. The summed E-state index contributed by atoms with van der Waals surface area (Å²) in [6, 6.07) is 8.99. The van der Waals surface area contributed by atoms with Crippen molar-refractivity contribution in [3.05, 3.63) is 36.0 Å². The molecule has 2 aromatic rings. The van der Waals surface area contributed by atoms with Gasteiger partial charge < -0.3 is 4.74 Å². The van der Waals surface area contributed by atoms with E-state index >= 15 is 0 Å². The lowest BCUT2D eigenvalue weighted by atomic mass is 10.1. The van der Waals surface area contributed by atoms with Gasteiger partial charge in [-0.2, -0.15) is 10.4 Å². The van der Waals surface area contributed by atoms with Crippen LogP contribution in [0.2, 0.25) is 0 Å². The highest BCUT2D eigenvalue weighted by atomic mass is 19.4. The van der Waals surface area contributed by atoms with Gasteiger partial charge in [-0.05, 0) is 30.3 Å². The molecule has 1 heterocycles. The molecule has 19 heavy (non-hydrogen) atoms. The van der Waals surface area contributed by atoms with Gasteiger partial charge in [0.2, 0.25) is 0 Å². The van der Waals surface area contributed by atoms with Gasteiger partial charge in [-0.1, -0.05) is 0 Å². The zero-order valence-corrected chi connectivity index (χ0v) is 9.53. The van der Waals surface area contributed by atoms with Crippen molar-refractivity contribution in [2.24, 2.45) is 0 Å². The van der Waals surface area contributed by atoms with E-state index in [0.29, 0.717) is 17.0 Å². The van der Waals surface area contributed by atoms with Crippen LogP contribution in [0.3, 0.4) is 0 Å². The van der Waals surface area contributed by atoms with Gasteiger partial charge in [-0.25, -0.2) is 0 Å². The van der Waals surface area contributed by atoms with Crippen LogP contribution in [0.15, 0.2) is 30.3 Å². The Kier molecular flexibility index (Phi) is 3.42. The number of hydrogen-bond donors (Lipinski definition) is 1. The van der Waals surface area contributed by atoms with Gasteiger partial charge in [0.15, 0.2) is 0 Å². The Bertz CT molecular complexity index is 596. The summed E-state index contributed by atoms with van der Waals surface area (Å²) >= 11 is 0. The van der Waals surface area contributed by atoms with Gasteiger partial charge >= 0.3 is 6.36 Å². The quantitative estimate of drug-likeness (QED) is 0.929. The van der Waals surface area contributed by atoms with Gasteiger partial charge in [0.25, 0.3) is 0 Å². The number of rotatable bonds is 3. The van der Waals surface area contributed by atoms with Crippen molar-refractivity contribution in [2.75, 3.05) is 0 Å². The van der Waals surface area contributed by atoms with E-state index < -0.39 is 6.36 Å². The SMILES string of the molecule is N#CCc1cc(-c2ccc(OC(F)(F)F)cc2)n[nH]1. The first-order valence-corrected chi connectivity index (χ1v) is 5.25. The Morgan fingerprint density at radius 3 is 2.53 bits per heavy atom. The van der Waals surface area contributed by atoms with Crippen molar-refractivity contribution < 1.29 is 17.9 Å². The summed E-state index contributed by atoms with van der Waals surface area (Å²) in [7, 11) is 0. The number of aromatic amines is 1. The summed E-state index contributed by atoms with van der Waals surface area (Å²) in [5.74, 6) is -0.288. The Morgan fingerprint density at radius 1 is 1.26 bits per heavy atom. The number of halogens is 3. The number of benzene rings is 1. The molecule has 0 bridgehead atoms. The second-order valence-electron chi connectivity index (χ2n) is 3.69. The molecule has 1 aromatic carbocycles. The lowest BCUT2D eigenvalue weighted by Gasteiger charge is -2.08. The summed E-state index contributed by atoms with van der Waals surface area (Å²) in [5.41, 5.74) is 1.84. The van der Waals surface area contributed by atoms with E-state index in [2.05, 4.69) is 14.9 Å². The number of H-pyrrole nitrogens is 1. The van der Waals surface area contributed by atoms with E-state index in [9.17, 15) is 13.2 Å². The molecule has 0 aliphatic rings. The molecule has 2 rings (SSSR count). The maximum Gasteiger partial charge on any atom is 0.573 e. The van der Waals surface area contributed by atoms with E-state index in [-0.39, 0.29) is 12.2 Å². The zero-order chi connectivity index (χ0) is 13.9. The lowest BCUT2D eigenvalue weighted by molar-refractivity contribution is -0.274. The topological polar surface area (TPSA) is 61.7 Å². The highest BCUT2D eigenvalue weighted by Gasteiger charge is 2.30. The van der Waals surface area contributed by atoms with Crippen molar-refractivity contribution >= 4 is 0 Å². The number of ether oxygens (including phenoxy) is 1. The van der Waals surface area contributed by atoms with E-state index in [1.54, 1.807) is 6.07 Å². The molecule has 0 spiro atoms. The smallest absolute Gasteiger partial charge is 0.406 e. The van der Waals surface area contributed by atoms with Crippen LogP contribution in [0.5, 0.6) is 5.75 Å². The maximum atomic E-state index is 12.0. The zero-order valence-electron chi connectivity index (χ0n) is 9.53. The minimum atomic E-state index is -4.70. The molecular weight excluding hydrogens is 259 g/mol. The van der Waals surface area contributed by atoms with Crippen LogP contribution in [0.1, 0.15) is 5.69 Å². The van der Waals surface area contributed by atoms with Gasteiger partial charge in [0.05, 0.1) is 18.2 Å². The number of nitrogens with zero attached hydrogens (tertiary/aromatic N) is 2. The second-order valence-corrected chi connectivity index (χ2v) is 3.69. The summed E-state index contributed by atoms with van der Waals surface area (Å²) in [6.45, 7) is 0. The van der Waals surface area contributed by atoms with Crippen molar-refractivity contribution in [3.8, 4) is 23.1 Å². The van der Waals surface area contributed by atoms with E-state index in [1.807, 2.05) is 6.07 Å². The Labute approximate surface area is 106 Å². The third kappa shape index (κ3) is 3.48. The second kappa shape index (κ2) is 5.02. The standard InChI is InChI=1S/C12H8F3N3O/c13-12(14,15)19-10-3-1-8(2-4-10)11-7-9(5-6-16)17-18-11/h1-4,7H,5H2,(H,17,18). The average Bonchev–Trinajstić information content (AvgIpc) is 2.77. The van der Waals surface area contributed by atoms with Crippen molar-refractivity contribution in [1.29, 1.82) is 5.26 Å². The molecule has 0 amide bonds. The Morgan fingerprint density at radius 2 is 1.95 bits per heavy atom. The lowest BCUT2D eigenvalue weighted by Crippen LogP contribution is -2.16. The summed E-state index contributed by atoms with van der Waals surface area (Å²) < 4.78 is 39.7. The average molecular weight is 267 g/mol. The minimum absolute atomic E-state index is 0.197. The molecule has 0 aliphatic carbocycles. The molecule has 98 valence electrons. The van der Waals surface area contributed by atoms with Gasteiger partial charge in [-0.3, -0.25) is 5.10 Å². The maximum absolute atomic E-state index is 12.0. The predicted octanol–water partition coefficient (Wildman–Crippen LogP) is 3.04. The Hall–Kier alpha value is -2.49. The van der Waals surface area contributed by atoms with E-state index in [4.69, 9.17) is 5.26 Å². The summed E-state index contributed by atoms with van der Waals surface area (Å²) in [6.07, 6.45) is -4.50. The molecule has 0 aliphatic heterocycles. The fourth-order valence-electron chi connectivity index (χ4n) is 1.51. The van der Waals surface area contributed by atoms with Crippen LogP contribution in [0.4, 0.5) is 13.2 Å². The molecule has 0 saturated heterocycles. The van der Waals surface area contributed by atoms with Crippen molar-refractivity contribution in [1.82, 2.24) is 10.2 Å². The molecule has 0 fully saturated rings. The van der Waals surface area contributed by atoms with Gasteiger partial charge in [0, 0.05) is 11.3 Å². The first-order chi connectivity index (χ1) is 8.98. The van der Waals surface area contributed by atoms with Gasteiger partial charge in [-0.15, -0.1) is 13.2 Å². The molecule has 4 nitrogen and oxygen atoms in total. The third-order valence-electron chi connectivity index (χ3n) is 2.28. The molecule has 0 radical (unpaired) electrons. The van der Waals surface area contributed by atoms with Crippen LogP contribution in [-0.2, 0) is 6.42 Å². The first kappa shape index (κ1) is 13.0. The van der Waals surface area contributed by atoms with Crippen LogP contribution in [0.25, 0.3) is 11.3 Å². The third-order valence-corrected chi connectivity index (χ3v) is 2.28. The molecule has 0 unspecified atom stereocenters. The van der Waals surface area contributed by atoms with Crippen LogP contribution in [-0.4, -0.2) is 16.6 Å². The number of nitrogens with one attached hydrogen (secondary N) is 1. The van der Waals surface area contributed by atoms with Crippen LogP contribution >= 0.6 is 0 Å². The number of aromatic nitrogens is 2. The summed E-state index contributed by atoms with van der Waals surface area (Å²) in [5, 5.41) is 15.2. The van der Waals surface area contributed by atoms with Crippen LogP contribution in [0, 0.1) is 11.3 Å². The number of alkyl halides is 3. The molecule has 0 atom stereocenters. The number of hydrogen-bond acceptors (Lipinski definition) is 3. The molecular formula is C12H8F3N3O. The molecule has 1 aromatic heterocycles. The van der Waals surface area contributed by atoms with Crippen molar-refractivity contribution in [3.63, 3.8) is 0 Å². The van der Waals surface area contributed by atoms with Crippen molar-refractivity contribution in [2.45, 2.75) is 12.8 Å². The monoisotopic (exact) mass is 267 g/mol. The Balaban J connectivity index is 2.15. The summed E-state index contributed by atoms with van der Waals surface area (Å²) in [4.78, 5) is 0. The first-order valence-electron chi connectivity index (χ1n) is 5.25. The highest BCUT2D eigenvalue weighted by molar-refractivity contribution is 5.60. The fourth-order valence-corrected chi connectivity index (χ4v) is 1.51. The molecule has 1 N–H and O–H groups in total. The largest absolute Gasteiger partial charge is 0.573 e. The fraction of sp³-hybridized carbons (Fsp3) is 0.167. The highest BCUT2D eigenvalue weighted by Crippen LogP contribution is 2.25. The van der Waals surface area contributed by atoms with E-state index in [0.717, 1.165) is 0 Å². The predicted molar refractivity (Wildman–Crippen MR) is 60.0 cm³/mol. The van der Waals surface area contributed by atoms with Crippen LogP contribution < -0.4 is 4.74 Å². The van der Waals surface area contributed by atoms with Gasteiger partial charge in [0.1, 0.15) is 5.75 Å². The minimum Gasteiger partial charge on any atom is -0.406 e. The molecule has 7 heteroatoms. The molecule has 0 saturated carbocycles.